The third-order valence-electron chi connectivity index (χ3n) is 3.64. The summed E-state index contributed by atoms with van der Waals surface area (Å²) in [5, 5.41) is 6.81. The monoisotopic (exact) mass is 330 g/mol. The number of fused-ring (bicyclic) bond motifs is 1. The Balaban J connectivity index is 1.69. The summed E-state index contributed by atoms with van der Waals surface area (Å²) >= 11 is 1.35. The van der Waals surface area contributed by atoms with E-state index in [0.717, 1.165) is 16.9 Å². The zero-order chi connectivity index (χ0) is 16.0. The van der Waals surface area contributed by atoms with Crippen LogP contribution in [0.5, 0.6) is 0 Å². The summed E-state index contributed by atoms with van der Waals surface area (Å²) in [6, 6.07) is 9.01. The Labute approximate surface area is 134 Å². The van der Waals surface area contributed by atoms with Crippen molar-refractivity contribution < 1.29 is 14.0 Å². The quantitative estimate of drug-likeness (QED) is 0.746. The molecule has 0 unspecified atom stereocenters. The summed E-state index contributed by atoms with van der Waals surface area (Å²) in [4.78, 5) is 28.3. The molecule has 1 amide bonds. The summed E-state index contributed by atoms with van der Waals surface area (Å²) in [6.07, 6.45) is -0.00575. The van der Waals surface area contributed by atoms with Gasteiger partial charge in [-0.2, -0.15) is 4.98 Å². The van der Waals surface area contributed by atoms with Crippen LogP contribution in [0.3, 0.4) is 0 Å². The second-order valence-electron chi connectivity index (χ2n) is 5.28. The second-order valence-corrected chi connectivity index (χ2v) is 6.40. The molecule has 3 aromatic rings. The number of nitrogens with one attached hydrogen (secondary N) is 1. The van der Waals surface area contributed by atoms with Gasteiger partial charge >= 0.3 is 0 Å². The second kappa shape index (κ2) is 5.24. The van der Waals surface area contributed by atoms with Crippen molar-refractivity contribution in [1.82, 2.24) is 14.6 Å². The number of anilines is 1. The average molecular weight is 330 g/mol. The number of hydrogen-bond acceptors (Lipinski definition) is 5. The van der Waals surface area contributed by atoms with Crippen LogP contribution in [-0.2, 0) is 4.79 Å². The number of aromatic nitrogens is 3. The number of amides is 1. The molecule has 0 aromatic carbocycles. The smallest absolute Gasteiger partial charge is 0.249 e. The molecule has 6 nitrogen and oxygen atoms in total. The van der Waals surface area contributed by atoms with E-state index in [1.54, 1.807) is 16.6 Å². The number of carbonyl (C=O) groups is 2. The molecule has 1 fully saturated rings. The lowest BCUT2D eigenvalue weighted by atomic mass is 10.3. The van der Waals surface area contributed by atoms with Gasteiger partial charge in [0, 0.05) is 0 Å². The predicted octanol–water partition coefficient (Wildman–Crippen LogP) is 2.57. The van der Waals surface area contributed by atoms with E-state index >= 15 is 0 Å². The van der Waals surface area contributed by atoms with E-state index in [0.29, 0.717) is 10.5 Å². The minimum Gasteiger partial charge on any atom is -0.297 e. The van der Waals surface area contributed by atoms with Gasteiger partial charge in [-0.15, -0.1) is 16.4 Å². The van der Waals surface area contributed by atoms with Crippen LogP contribution in [0.4, 0.5) is 10.3 Å². The molecule has 2 atom stereocenters. The van der Waals surface area contributed by atoms with Gasteiger partial charge in [-0.1, -0.05) is 6.07 Å². The maximum Gasteiger partial charge on any atom is 0.249 e. The minimum absolute atomic E-state index is 0.147. The predicted molar refractivity (Wildman–Crippen MR) is 83.3 cm³/mol. The first-order valence-electron chi connectivity index (χ1n) is 7.02. The first-order chi connectivity index (χ1) is 11.2. The number of aldehydes is 1. The number of alkyl halides is 1. The van der Waals surface area contributed by atoms with Gasteiger partial charge in [0.15, 0.2) is 11.9 Å². The van der Waals surface area contributed by atoms with Gasteiger partial charge in [-0.25, -0.2) is 8.91 Å². The molecule has 116 valence electrons. The summed E-state index contributed by atoms with van der Waals surface area (Å²) in [6.45, 7) is 0. The highest BCUT2D eigenvalue weighted by Gasteiger charge is 2.44. The molecule has 23 heavy (non-hydrogen) atoms. The first kappa shape index (κ1) is 14.0. The Morgan fingerprint density at radius 1 is 1.39 bits per heavy atom. The van der Waals surface area contributed by atoms with Crippen LogP contribution in [-0.4, -0.2) is 33.0 Å². The highest BCUT2D eigenvalue weighted by molar-refractivity contribution is 7.17. The van der Waals surface area contributed by atoms with Crippen molar-refractivity contribution in [2.75, 3.05) is 5.32 Å². The Bertz CT molecular complexity index is 919. The molecule has 1 N–H and O–H groups in total. The summed E-state index contributed by atoms with van der Waals surface area (Å²) in [5.41, 5.74) is 1.33. The van der Waals surface area contributed by atoms with Crippen molar-refractivity contribution >= 4 is 35.1 Å². The van der Waals surface area contributed by atoms with Crippen LogP contribution in [0.2, 0.25) is 0 Å². The Kier molecular flexibility index (Phi) is 3.19. The Morgan fingerprint density at radius 2 is 2.22 bits per heavy atom. The topological polar surface area (TPSA) is 76.4 Å². The zero-order valence-corrected chi connectivity index (χ0v) is 12.6. The maximum absolute atomic E-state index is 12.9. The Hall–Kier alpha value is -2.61. The average Bonchev–Trinajstić information content (AvgIpc) is 2.97. The van der Waals surface area contributed by atoms with E-state index in [-0.39, 0.29) is 12.4 Å². The molecule has 1 aliphatic carbocycles. The van der Waals surface area contributed by atoms with Gasteiger partial charge in [-0.3, -0.25) is 14.9 Å². The fourth-order valence-electron chi connectivity index (χ4n) is 2.34. The van der Waals surface area contributed by atoms with Gasteiger partial charge in [0.2, 0.25) is 11.9 Å². The molecule has 4 rings (SSSR count). The highest BCUT2D eigenvalue weighted by Crippen LogP contribution is 2.34. The molecule has 0 bridgehead atoms. The zero-order valence-electron chi connectivity index (χ0n) is 11.8. The SMILES string of the molecule is O=Cc1ccc(-c2cccc3nc(NC(=O)[C@H]4C[C@@H]4F)nn23)s1. The lowest BCUT2D eigenvalue weighted by molar-refractivity contribution is -0.117. The van der Waals surface area contributed by atoms with E-state index in [9.17, 15) is 14.0 Å². The molecule has 0 spiro atoms. The van der Waals surface area contributed by atoms with Crippen LogP contribution in [0.15, 0.2) is 30.3 Å². The number of pyridine rings is 1. The normalized spacial score (nSPS) is 19.7. The first-order valence-corrected chi connectivity index (χ1v) is 7.83. The Morgan fingerprint density at radius 3 is 2.91 bits per heavy atom. The lowest BCUT2D eigenvalue weighted by Gasteiger charge is -2.00. The van der Waals surface area contributed by atoms with Crippen molar-refractivity contribution in [3.05, 3.63) is 35.2 Å². The molecule has 8 heteroatoms. The van der Waals surface area contributed by atoms with E-state index < -0.39 is 18.0 Å². The molecule has 3 heterocycles. The number of carbonyl (C=O) groups excluding carboxylic acids is 2. The van der Waals surface area contributed by atoms with Crippen LogP contribution in [0.1, 0.15) is 16.1 Å². The van der Waals surface area contributed by atoms with Gasteiger partial charge in [0.05, 0.1) is 21.4 Å². The standard InChI is InChI=1S/C15H11FN4O2S/c16-10-6-9(10)14(22)18-15-17-13-3-1-2-11(20(13)19-15)12-5-4-8(7-21)23-12/h1-5,7,9-10H,6H2,(H,18,19,22)/t9-,10-/m0/s1. The molecule has 0 radical (unpaired) electrons. The van der Waals surface area contributed by atoms with Crippen molar-refractivity contribution in [1.29, 1.82) is 0 Å². The van der Waals surface area contributed by atoms with Gasteiger partial charge in [0.1, 0.15) is 6.17 Å². The highest BCUT2D eigenvalue weighted by atomic mass is 32.1. The van der Waals surface area contributed by atoms with Crippen molar-refractivity contribution in [2.24, 2.45) is 5.92 Å². The van der Waals surface area contributed by atoms with Crippen LogP contribution < -0.4 is 5.32 Å². The lowest BCUT2D eigenvalue weighted by Crippen LogP contribution is -2.16. The third-order valence-corrected chi connectivity index (χ3v) is 4.67. The molecule has 1 aliphatic rings. The third kappa shape index (κ3) is 2.50. The number of hydrogen-bond donors (Lipinski definition) is 1. The number of thiophene rings is 1. The van der Waals surface area contributed by atoms with E-state index in [4.69, 9.17) is 0 Å². The number of rotatable bonds is 4. The van der Waals surface area contributed by atoms with Crippen molar-refractivity contribution in [2.45, 2.75) is 12.6 Å². The molecule has 1 saturated carbocycles. The maximum atomic E-state index is 12.9. The molecule has 0 aliphatic heterocycles. The summed E-state index contributed by atoms with van der Waals surface area (Å²) < 4.78 is 14.5. The van der Waals surface area contributed by atoms with Crippen LogP contribution in [0.25, 0.3) is 16.2 Å². The van der Waals surface area contributed by atoms with Gasteiger partial charge in [-0.05, 0) is 30.7 Å². The van der Waals surface area contributed by atoms with Gasteiger partial charge < -0.3 is 0 Å². The van der Waals surface area contributed by atoms with E-state index in [1.807, 2.05) is 18.2 Å². The minimum atomic E-state index is -1.06. The largest absolute Gasteiger partial charge is 0.297 e. The van der Waals surface area contributed by atoms with Crippen molar-refractivity contribution in [3.8, 4) is 10.6 Å². The summed E-state index contributed by atoms with van der Waals surface area (Å²) in [5.74, 6) is -0.837. The molecular formula is C15H11FN4O2S. The van der Waals surface area contributed by atoms with Gasteiger partial charge in [0.25, 0.3) is 0 Å². The molecule has 3 aromatic heterocycles. The fraction of sp³-hybridized carbons (Fsp3) is 0.200. The summed E-state index contributed by atoms with van der Waals surface area (Å²) in [7, 11) is 0. The number of halogens is 1. The van der Waals surface area contributed by atoms with Crippen LogP contribution in [0, 0.1) is 5.92 Å². The van der Waals surface area contributed by atoms with E-state index in [2.05, 4.69) is 15.4 Å². The molecular weight excluding hydrogens is 319 g/mol. The van der Waals surface area contributed by atoms with Crippen LogP contribution >= 0.6 is 11.3 Å². The number of nitrogens with zero attached hydrogens (tertiary/aromatic N) is 3. The van der Waals surface area contributed by atoms with E-state index in [1.165, 1.54) is 11.3 Å². The fourth-order valence-corrected chi connectivity index (χ4v) is 3.17. The molecule has 0 saturated heterocycles. The van der Waals surface area contributed by atoms with Crippen molar-refractivity contribution in [3.63, 3.8) is 0 Å².